The smallest absolute Gasteiger partial charge is 0.221 e. The average molecular weight is 609 g/mol. The number of sulfonamides is 1. The molecular weight excluding hydrogens is 560 g/mol. The molecule has 1 aliphatic heterocycles. The van der Waals surface area contributed by atoms with Crippen molar-refractivity contribution in [2.45, 2.75) is 83.2 Å². The van der Waals surface area contributed by atoms with Crippen LogP contribution in [-0.2, 0) is 32.5 Å². The van der Waals surface area contributed by atoms with E-state index in [1.807, 2.05) is 6.20 Å². The summed E-state index contributed by atoms with van der Waals surface area (Å²) in [6, 6.07) is 13.5. The van der Waals surface area contributed by atoms with Crippen molar-refractivity contribution < 1.29 is 17.9 Å². The number of nitrogens with one attached hydrogen (secondary N) is 2. The van der Waals surface area contributed by atoms with Crippen LogP contribution in [0.3, 0.4) is 0 Å². The van der Waals surface area contributed by atoms with Gasteiger partial charge in [0.25, 0.3) is 0 Å². The van der Waals surface area contributed by atoms with Crippen molar-refractivity contribution in [1.82, 2.24) is 14.6 Å². The van der Waals surface area contributed by atoms with Crippen LogP contribution in [0.5, 0.6) is 0 Å². The van der Waals surface area contributed by atoms with Gasteiger partial charge in [-0.05, 0) is 96.9 Å². The van der Waals surface area contributed by atoms with Crippen molar-refractivity contribution >= 4 is 26.8 Å². The van der Waals surface area contributed by atoms with Crippen molar-refractivity contribution in [2.24, 2.45) is 11.7 Å². The first-order valence-electron chi connectivity index (χ1n) is 16.0. The Morgan fingerprint density at radius 3 is 2.58 bits per heavy atom. The minimum Gasteiger partial charge on any atom is -0.385 e. The minimum atomic E-state index is -3.29. The molecule has 3 aromatic rings. The monoisotopic (exact) mass is 608 g/mol. The van der Waals surface area contributed by atoms with E-state index in [1.165, 1.54) is 43.2 Å². The van der Waals surface area contributed by atoms with Crippen LogP contribution < -0.4 is 11.1 Å². The third kappa shape index (κ3) is 7.87. The summed E-state index contributed by atoms with van der Waals surface area (Å²) in [6.45, 7) is 4.60. The van der Waals surface area contributed by atoms with Crippen LogP contribution in [-0.4, -0.2) is 62.2 Å². The Hall–Kier alpha value is -2.72. The quantitative estimate of drug-likeness (QED) is 0.223. The summed E-state index contributed by atoms with van der Waals surface area (Å²) in [5.74, 6) is 0.737. The normalized spacial score (nSPS) is 18.3. The van der Waals surface area contributed by atoms with Crippen molar-refractivity contribution in [3.63, 3.8) is 0 Å². The van der Waals surface area contributed by atoms with Gasteiger partial charge in [-0.15, -0.1) is 0 Å². The topological polar surface area (TPSA) is 118 Å². The van der Waals surface area contributed by atoms with Crippen molar-refractivity contribution in [1.29, 1.82) is 0 Å². The zero-order valence-electron chi connectivity index (χ0n) is 25.7. The van der Waals surface area contributed by atoms with Crippen LogP contribution in [0.2, 0.25) is 0 Å². The summed E-state index contributed by atoms with van der Waals surface area (Å²) in [5.41, 5.74) is 12.1. The third-order valence-electron chi connectivity index (χ3n) is 9.55. The number of primary amides is 1. The molecule has 1 saturated heterocycles. The van der Waals surface area contributed by atoms with Gasteiger partial charge >= 0.3 is 0 Å². The minimum absolute atomic E-state index is 0.118. The van der Waals surface area contributed by atoms with Gasteiger partial charge in [0.2, 0.25) is 15.9 Å². The molecule has 4 N–H and O–H groups in total. The number of carbonyl (C=O) groups is 1. The molecule has 1 amide bonds. The number of rotatable bonds is 13. The standard InChI is InChI=1S/C34H48N4O4S/c1-24(26-9-4-3-5-10-26)36-22-25-8-6-11-28(18-25)29-19-30(21-33(35)39)34-31(20-29)32(23-37-34)27-12-14-38(15-13-27)43(40,41)17-7-16-42-2/h6,8,11,18-20,23-24,26-27,36-37H,3-5,7,9-10,12-17,21-22H2,1-2H3,(H2,35,39)/t24-/m0/s1. The summed E-state index contributed by atoms with van der Waals surface area (Å²) in [4.78, 5) is 15.5. The molecule has 234 valence electrons. The molecule has 0 unspecified atom stereocenters. The van der Waals surface area contributed by atoms with Gasteiger partial charge in [0, 0.05) is 56.5 Å². The van der Waals surface area contributed by atoms with Crippen molar-refractivity contribution in [2.75, 3.05) is 32.6 Å². The Kier molecular flexibility index (Phi) is 10.6. The van der Waals surface area contributed by atoms with E-state index in [2.05, 4.69) is 53.6 Å². The first-order chi connectivity index (χ1) is 20.7. The lowest BCUT2D eigenvalue weighted by Crippen LogP contribution is -2.39. The predicted octanol–water partition coefficient (Wildman–Crippen LogP) is 5.47. The maximum atomic E-state index is 12.8. The van der Waals surface area contributed by atoms with Gasteiger partial charge in [-0.2, -0.15) is 0 Å². The summed E-state index contributed by atoms with van der Waals surface area (Å²) < 4.78 is 32.3. The number of methoxy groups -OCH3 is 1. The summed E-state index contributed by atoms with van der Waals surface area (Å²) in [6.07, 6.45) is 10.9. The fourth-order valence-electron chi connectivity index (χ4n) is 7.06. The first kappa shape index (κ1) is 31.7. The summed E-state index contributed by atoms with van der Waals surface area (Å²) >= 11 is 0. The van der Waals surface area contributed by atoms with Gasteiger partial charge in [-0.25, -0.2) is 12.7 Å². The van der Waals surface area contributed by atoms with Crippen molar-refractivity contribution in [3.8, 4) is 11.1 Å². The van der Waals surface area contributed by atoms with Gasteiger partial charge < -0.3 is 20.8 Å². The number of aromatic nitrogens is 1. The molecule has 2 aromatic carbocycles. The maximum absolute atomic E-state index is 12.8. The molecule has 2 aliphatic rings. The number of aromatic amines is 1. The number of hydrogen-bond donors (Lipinski definition) is 3. The first-order valence-corrected chi connectivity index (χ1v) is 17.6. The van der Waals surface area contributed by atoms with E-state index >= 15 is 0 Å². The predicted molar refractivity (Wildman–Crippen MR) is 173 cm³/mol. The van der Waals surface area contributed by atoms with Crippen LogP contribution in [0.15, 0.2) is 42.6 Å². The van der Waals surface area contributed by atoms with E-state index in [4.69, 9.17) is 10.5 Å². The van der Waals surface area contributed by atoms with Gasteiger partial charge in [0.15, 0.2) is 0 Å². The largest absolute Gasteiger partial charge is 0.385 e. The van der Waals surface area contributed by atoms with Crippen LogP contribution in [0, 0.1) is 5.92 Å². The molecule has 1 aromatic heterocycles. The fraction of sp³-hybridized carbons (Fsp3) is 0.559. The Bertz CT molecular complexity index is 1490. The Morgan fingerprint density at radius 2 is 1.86 bits per heavy atom. The van der Waals surface area contributed by atoms with Gasteiger partial charge in [0.05, 0.1) is 12.2 Å². The van der Waals surface area contributed by atoms with Crippen LogP contribution >= 0.6 is 0 Å². The molecule has 43 heavy (non-hydrogen) atoms. The number of piperidine rings is 1. The van der Waals surface area contributed by atoms with Crippen LogP contribution in [0.25, 0.3) is 22.0 Å². The van der Waals surface area contributed by atoms with Crippen molar-refractivity contribution in [3.05, 3.63) is 59.3 Å². The Labute approximate surface area is 256 Å². The number of nitrogens with zero attached hydrogens (tertiary/aromatic N) is 1. The number of nitrogens with two attached hydrogens (primary N) is 1. The second kappa shape index (κ2) is 14.4. The van der Waals surface area contributed by atoms with E-state index < -0.39 is 10.0 Å². The fourth-order valence-corrected chi connectivity index (χ4v) is 8.57. The summed E-state index contributed by atoms with van der Waals surface area (Å²) in [7, 11) is -1.70. The molecule has 1 aliphatic carbocycles. The van der Waals surface area contributed by atoms with Gasteiger partial charge in [-0.3, -0.25) is 4.79 Å². The molecule has 2 fully saturated rings. The van der Waals surface area contributed by atoms with Crippen LogP contribution in [0.1, 0.15) is 80.9 Å². The molecule has 5 rings (SSSR count). The number of H-pyrrole nitrogens is 1. The molecule has 0 spiro atoms. The number of fused-ring (bicyclic) bond motifs is 1. The number of ether oxygens (including phenoxy) is 1. The number of amides is 1. The second-order valence-corrected chi connectivity index (χ2v) is 14.6. The molecule has 1 atom stereocenters. The highest BCUT2D eigenvalue weighted by Gasteiger charge is 2.30. The van der Waals surface area contributed by atoms with E-state index in [-0.39, 0.29) is 24.0 Å². The highest BCUT2D eigenvalue weighted by Crippen LogP contribution is 2.37. The van der Waals surface area contributed by atoms with Gasteiger partial charge in [-0.1, -0.05) is 37.5 Å². The lowest BCUT2D eigenvalue weighted by atomic mass is 9.84. The number of hydrogen-bond acceptors (Lipinski definition) is 5. The van der Waals surface area contributed by atoms with E-state index in [1.54, 1.807) is 11.4 Å². The van der Waals surface area contributed by atoms with Crippen LogP contribution in [0.4, 0.5) is 0 Å². The lowest BCUT2D eigenvalue weighted by molar-refractivity contribution is -0.117. The highest BCUT2D eigenvalue weighted by atomic mass is 32.2. The third-order valence-corrected chi connectivity index (χ3v) is 11.5. The molecule has 0 radical (unpaired) electrons. The molecule has 9 heteroatoms. The SMILES string of the molecule is COCCCS(=O)(=O)N1CCC(c2c[nH]c3c(CC(N)=O)cc(-c4cccc(CN[C@@H](C)C5CCCCC5)c4)cc23)CC1. The van der Waals surface area contributed by atoms with E-state index in [9.17, 15) is 13.2 Å². The zero-order chi connectivity index (χ0) is 30.4. The average Bonchev–Trinajstić information content (AvgIpc) is 3.45. The highest BCUT2D eigenvalue weighted by molar-refractivity contribution is 7.89. The summed E-state index contributed by atoms with van der Waals surface area (Å²) in [5, 5.41) is 4.86. The molecule has 1 saturated carbocycles. The molecular formula is C34H48N4O4S. The number of carbonyl (C=O) groups excluding carboxylic acids is 1. The van der Waals surface area contributed by atoms with E-state index in [0.717, 1.165) is 52.9 Å². The Morgan fingerprint density at radius 1 is 1.09 bits per heavy atom. The lowest BCUT2D eigenvalue weighted by Gasteiger charge is -2.31. The Balaban J connectivity index is 1.36. The molecule has 2 heterocycles. The molecule has 8 nitrogen and oxygen atoms in total. The second-order valence-electron chi connectivity index (χ2n) is 12.5. The maximum Gasteiger partial charge on any atom is 0.221 e. The van der Waals surface area contributed by atoms with Gasteiger partial charge in [0.1, 0.15) is 0 Å². The molecule has 0 bridgehead atoms. The van der Waals surface area contributed by atoms with E-state index in [0.29, 0.717) is 32.2 Å². The zero-order valence-corrected chi connectivity index (χ0v) is 26.6. The number of benzene rings is 2.